The van der Waals surface area contributed by atoms with Gasteiger partial charge in [-0.1, -0.05) is 6.07 Å². The van der Waals surface area contributed by atoms with Crippen molar-refractivity contribution in [3.8, 4) is 0 Å². The van der Waals surface area contributed by atoms with Crippen LogP contribution in [0, 0.1) is 0 Å². The van der Waals surface area contributed by atoms with Crippen molar-refractivity contribution in [2.75, 3.05) is 0 Å². The first-order chi connectivity index (χ1) is 7.04. The van der Waals surface area contributed by atoms with Gasteiger partial charge in [-0.05, 0) is 11.6 Å². The lowest BCUT2D eigenvalue weighted by molar-refractivity contribution is -0.136. The van der Waals surface area contributed by atoms with Crippen LogP contribution in [0.4, 0.5) is 13.2 Å². The Balaban J connectivity index is 2.74. The van der Waals surface area contributed by atoms with Crippen LogP contribution < -0.4 is 0 Å². The molecule has 2 nitrogen and oxygen atoms in total. The second-order valence-corrected chi connectivity index (χ2v) is 3.30. The molecule has 1 aromatic carbocycles. The van der Waals surface area contributed by atoms with Gasteiger partial charge in [-0.15, -0.1) is 11.6 Å². The van der Waals surface area contributed by atoms with Crippen molar-refractivity contribution in [3.63, 3.8) is 0 Å². The number of imidazole rings is 1. The van der Waals surface area contributed by atoms with Crippen molar-refractivity contribution in [1.82, 2.24) is 9.97 Å². The van der Waals surface area contributed by atoms with E-state index in [1.165, 1.54) is 12.4 Å². The number of aromatic nitrogens is 2. The maximum absolute atomic E-state index is 12.6. The normalized spacial score (nSPS) is 12.3. The highest BCUT2D eigenvalue weighted by atomic mass is 35.5. The number of rotatable bonds is 1. The van der Waals surface area contributed by atoms with Crippen LogP contribution in [0.3, 0.4) is 0 Å². The van der Waals surface area contributed by atoms with Crippen LogP contribution in [0.2, 0.25) is 0 Å². The van der Waals surface area contributed by atoms with Crippen molar-refractivity contribution in [3.05, 3.63) is 29.6 Å². The lowest BCUT2D eigenvalue weighted by atomic mass is 10.1. The molecule has 80 valence electrons. The van der Waals surface area contributed by atoms with Crippen molar-refractivity contribution in [2.45, 2.75) is 12.1 Å². The largest absolute Gasteiger partial charge is 0.418 e. The molecule has 0 bridgehead atoms. The fraction of sp³-hybridized carbons (Fsp3) is 0.222. The number of H-pyrrole nitrogens is 1. The molecule has 15 heavy (non-hydrogen) atoms. The highest BCUT2D eigenvalue weighted by Gasteiger charge is 2.33. The van der Waals surface area contributed by atoms with Gasteiger partial charge in [0.1, 0.15) is 0 Å². The number of aromatic amines is 1. The van der Waals surface area contributed by atoms with E-state index >= 15 is 0 Å². The van der Waals surface area contributed by atoms with E-state index in [1.54, 1.807) is 0 Å². The molecule has 0 atom stereocenters. The van der Waals surface area contributed by atoms with Gasteiger partial charge in [0.2, 0.25) is 0 Å². The molecule has 0 saturated carbocycles. The number of halogens is 4. The summed E-state index contributed by atoms with van der Waals surface area (Å²) in [4.78, 5) is 6.30. The van der Waals surface area contributed by atoms with Crippen LogP contribution in [0.5, 0.6) is 0 Å². The fourth-order valence-corrected chi connectivity index (χ4v) is 1.65. The van der Waals surface area contributed by atoms with Gasteiger partial charge >= 0.3 is 6.18 Å². The lowest BCUT2D eigenvalue weighted by Gasteiger charge is -2.08. The predicted molar refractivity (Wildman–Crippen MR) is 50.7 cm³/mol. The molecule has 2 aromatic rings. The first-order valence-corrected chi connectivity index (χ1v) is 4.65. The summed E-state index contributed by atoms with van der Waals surface area (Å²) < 4.78 is 37.7. The van der Waals surface area contributed by atoms with E-state index in [4.69, 9.17) is 11.6 Å². The highest BCUT2D eigenvalue weighted by Crippen LogP contribution is 2.34. The summed E-state index contributed by atoms with van der Waals surface area (Å²) in [5.74, 6) is 0.138. The number of fused-ring (bicyclic) bond motifs is 1. The Morgan fingerprint density at radius 3 is 2.67 bits per heavy atom. The summed E-state index contributed by atoms with van der Waals surface area (Å²) in [6.45, 7) is 0. The monoisotopic (exact) mass is 234 g/mol. The van der Waals surface area contributed by atoms with E-state index in [0.717, 1.165) is 6.07 Å². The number of hydrogen-bond donors (Lipinski definition) is 1. The third-order valence-electron chi connectivity index (χ3n) is 2.11. The summed E-state index contributed by atoms with van der Waals surface area (Å²) >= 11 is 5.59. The van der Waals surface area contributed by atoms with Crippen LogP contribution >= 0.6 is 11.6 Å². The van der Waals surface area contributed by atoms with E-state index in [0.29, 0.717) is 5.56 Å². The van der Waals surface area contributed by atoms with Crippen molar-refractivity contribution in [2.24, 2.45) is 0 Å². The van der Waals surface area contributed by atoms with Crippen LogP contribution in [-0.4, -0.2) is 9.97 Å². The van der Waals surface area contributed by atoms with E-state index in [2.05, 4.69) is 9.97 Å². The number of nitrogens with zero attached hydrogens (tertiary/aromatic N) is 1. The highest BCUT2D eigenvalue weighted by molar-refractivity contribution is 6.17. The molecule has 0 radical (unpaired) electrons. The second-order valence-electron chi connectivity index (χ2n) is 3.03. The van der Waals surface area contributed by atoms with Gasteiger partial charge < -0.3 is 4.98 Å². The zero-order valence-corrected chi connectivity index (χ0v) is 8.15. The molecular weight excluding hydrogens is 229 g/mol. The third kappa shape index (κ3) is 1.67. The van der Waals surface area contributed by atoms with Crippen molar-refractivity contribution in [1.29, 1.82) is 0 Å². The molecule has 6 heteroatoms. The third-order valence-corrected chi connectivity index (χ3v) is 2.40. The minimum absolute atomic E-state index is 0.0133. The Hall–Kier alpha value is -1.23. The first-order valence-electron chi connectivity index (χ1n) is 4.12. The molecule has 0 spiro atoms. The van der Waals surface area contributed by atoms with Gasteiger partial charge in [0, 0.05) is 5.88 Å². The Labute approximate surface area is 88.1 Å². The number of benzene rings is 1. The lowest BCUT2D eigenvalue weighted by Crippen LogP contribution is -2.06. The van der Waals surface area contributed by atoms with Gasteiger partial charge in [0.15, 0.2) is 0 Å². The summed E-state index contributed by atoms with van der Waals surface area (Å²) in [5, 5.41) is 0. The zero-order chi connectivity index (χ0) is 11.1. The fourth-order valence-electron chi connectivity index (χ4n) is 1.43. The second kappa shape index (κ2) is 3.41. The predicted octanol–water partition coefficient (Wildman–Crippen LogP) is 3.32. The molecular formula is C9H6ClF3N2. The van der Waals surface area contributed by atoms with E-state index in [1.807, 2.05) is 0 Å². The van der Waals surface area contributed by atoms with Crippen molar-refractivity contribution >= 4 is 22.6 Å². The van der Waals surface area contributed by atoms with Gasteiger partial charge in [0.05, 0.1) is 22.9 Å². The maximum Gasteiger partial charge on any atom is 0.418 e. The van der Waals surface area contributed by atoms with Crippen LogP contribution in [0.25, 0.3) is 11.0 Å². The number of alkyl halides is 4. The van der Waals surface area contributed by atoms with E-state index in [9.17, 15) is 13.2 Å². The minimum atomic E-state index is -4.38. The number of nitrogens with one attached hydrogen (secondary N) is 1. The van der Waals surface area contributed by atoms with Crippen LogP contribution in [0.15, 0.2) is 18.5 Å². The van der Waals surface area contributed by atoms with Gasteiger partial charge in [-0.25, -0.2) is 4.98 Å². The Morgan fingerprint density at radius 1 is 1.33 bits per heavy atom. The topological polar surface area (TPSA) is 28.7 Å². The molecule has 0 aliphatic rings. The average Bonchev–Trinajstić information content (AvgIpc) is 2.62. The Kier molecular flexibility index (Phi) is 2.34. The maximum atomic E-state index is 12.6. The molecule has 0 unspecified atom stereocenters. The zero-order valence-electron chi connectivity index (χ0n) is 7.40. The summed E-state index contributed by atoms with van der Waals surface area (Å²) in [7, 11) is 0. The van der Waals surface area contributed by atoms with Gasteiger partial charge in [-0.3, -0.25) is 0 Å². The molecule has 0 fully saturated rings. The Morgan fingerprint density at radius 2 is 2.07 bits per heavy atom. The van der Waals surface area contributed by atoms with E-state index < -0.39 is 11.7 Å². The molecule has 0 amide bonds. The van der Waals surface area contributed by atoms with E-state index in [-0.39, 0.29) is 16.9 Å². The molecule has 1 N–H and O–H groups in total. The van der Waals surface area contributed by atoms with Gasteiger partial charge in [0.25, 0.3) is 0 Å². The molecule has 2 rings (SSSR count). The van der Waals surface area contributed by atoms with Crippen molar-refractivity contribution < 1.29 is 13.2 Å². The Bertz CT molecular complexity index is 490. The van der Waals surface area contributed by atoms with Gasteiger partial charge in [-0.2, -0.15) is 13.2 Å². The van der Waals surface area contributed by atoms with Crippen LogP contribution in [-0.2, 0) is 12.1 Å². The first kappa shape index (κ1) is 10.3. The molecule has 0 saturated heterocycles. The number of hydrogen-bond acceptors (Lipinski definition) is 1. The SMILES string of the molecule is FC(F)(F)c1ccc(CCl)c2nc[nH]c12. The average molecular weight is 235 g/mol. The smallest absolute Gasteiger partial charge is 0.344 e. The molecule has 0 aliphatic heterocycles. The minimum Gasteiger partial charge on any atom is -0.344 e. The molecule has 1 aromatic heterocycles. The quantitative estimate of drug-likeness (QED) is 0.754. The summed E-state index contributed by atoms with van der Waals surface area (Å²) in [5.41, 5.74) is 0.130. The molecule has 0 aliphatic carbocycles. The summed E-state index contributed by atoms with van der Waals surface area (Å²) in [6, 6.07) is 2.36. The summed E-state index contributed by atoms with van der Waals surface area (Å²) in [6.07, 6.45) is -3.15. The standard InChI is InChI=1S/C9H6ClF3N2/c10-3-5-1-2-6(9(11,12)13)8-7(5)14-4-15-8/h1-2,4H,3H2,(H,14,15). The molecule has 1 heterocycles. The van der Waals surface area contributed by atoms with Crippen LogP contribution in [0.1, 0.15) is 11.1 Å².